The topological polar surface area (TPSA) is 64.5 Å². The number of rotatable bonds is 4. The Kier molecular flexibility index (Phi) is 6.06. The second kappa shape index (κ2) is 10.7. The normalized spacial score (nSPS) is 11.5. The van der Waals surface area contributed by atoms with Gasteiger partial charge in [0.25, 0.3) is 0 Å². The van der Waals surface area contributed by atoms with Crippen molar-refractivity contribution in [3.8, 4) is 44.8 Å². The second-order valence-electron chi connectivity index (χ2n) is 11.4. The van der Waals surface area contributed by atoms with Crippen LogP contribution in [0.1, 0.15) is 0 Å². The van der Waals surface area contributed by atoms with E-state index in [4.69, 9.17) is 15.0 Å². The van der Waals surface area contributed by atoms with Crippen LogP contribution in [-0.2, 0) is 0 Å². The Morgan fingerprint density at radius 2 is 0.804 bits per heavy atom. The van der Waals surface area contributed by atoms with Gasteiger partial charge in [-0.15, -0.1) is 0 Å². The van der Waals surface area contributed by atoms with Crippen molar-refractivity contribution < 1.29 is 0 Å². The molecular weight excluding hydrogens is 562 g/mol. The molecule has 0 atom stereocenters. The molecule has 9 aromatic rings. The standard InChI is InChI=1S/C41H25N5/c1-2-6-26(7-3-1)27-10-12-28(13-11-27)31-24-36(32-18-22-44-40-34(32)16-14-29-8-4-20-42-38(29)40)46-37(25-31)33-19-23-45-41-35(33)17-15-30-9-5-21-43-39(30)41/h1-25H. The van der Waals surface area contributed by atoms with Gasteiger partial charge in [0.1, 0.15) is 0 Å². The smallest absolute Gasteiger partial charge is 0.0971 e. The van der Waals surface area contributed by atoms with E-state index in [-0.39, 0.29) is 0 Å². The molecule has 5 heterocycles. The van der Waals surface area contributed by atoms with Gasteiger partial charge in [-0.3, -0.25) is 19.9 Å². The summed E-state index contributed by atoms with van der Waals surface area (Å²) in [6.07, 6.45) is 7.35. The molecule has 9 rings (SSSR count). The molecule has 0 amide bonds. The van der Waals surface area contributed by atoms with Crippen molar-refractivity contribution in [1.29, 1.82) is 0 Å². The molecule has 0 aliphatic rings. The third kappa shape index (κ3) is 4.37. The molecular formula is C41H25N5. The summed E-state index contributed by atoms with van der Waals surface area (Å²) in [5, 5.41) is 4.14. The summed E-state index contributed by atoms with van der Waals surface area (Å²) < 4.78 is 0. The third-order valence-corrected chi connectivity index (χ3v) is 8.67. The highest BCUT2D eigenvalue weighted by Gasteiger charge is 2.16. The van der Waals surface area contributed by atoms with Crippen molar-refractivity contribution in [3.63, 3.8) is 0 Å². The van der Waals surface area contributed by atoms with Gasteiger partial charge in [0.2, 0.25) is 0 Å². The maximum absolute atomic E-state index is 5.33. The third-order valence-electron chi connectivity index (χ3n) is 8.67. The molecule has 0 radical (unpaired) electrons. The fourth-order valence-corrected chi connectivity index (χ4v) is 6.41. The summed E-state index contributed by atoms with van der Waals surface area (Å²) in [4.78, 5) is 24.2. The fraction of sp³-hybridized carbons (Fsp3) is 0. The van der Waals surface area contributed by atoms with Crippen LogP contribution in [0.15, 0.2) is 152 Å². The number of hydrogen-bond donors (Lipinski definition) is 0. The van der Waals surface area contributed by atoms with Crippen molar-refractivity contribution in [2.75, 3.05) is 0 Å². The molecule has 46 heavy (non-hydrogen) atoms. The van der Waals surface area contributed by atoms with E-state index in [2.05, 4.69) is 107 Å². The summed E-state index contributed by atoms with van der Waals surface area (Å²) in [6, 6.07) is 44.2. The van der Waals surface area contributed by atoms with Crippen LogP contribution in [0.3, 0.4) is 0 Å². The molecule has 4 aromatic carbocycles. The monoisotopic (exact) mass is 587 g/mol. The highest BCUT2D eigenvalue weighted by atomic mass is 14.8. The van der Waals surface area contributed by atoms with Gasteiger partial charge in [-0.2, -0.15) is 0 Å². The highest BCUT2D eigenvalue weighted by molar-refractivity contribution is 6.09. The largest absolute Gasteiger partial charge is 0.254 e. The van der Waals surface area contributed by atoms with Gasteiger partial charge < -0.3 is 0 Å². The first kappa shape index (κ1) is 26.1. The average Bonchev–Trinajstić information content (AvgIpc) is 3.14. The zero-order valence-electron chi connectivity index (χ0n) is 24.7. The summed E-state index contributed by atoms with van der Waals surface area (Å²) >= 11 is 0. The number of pyridine rings is 5. The van der Waals surface area contributed by atoms with Crippen molar-refractivity contribution in [2.24, 2.45) is 0 Å². The van der Waals surface area contributed by atoms with E-state index in [1.807, 2.05) is 55.1 Å². The van der Waals surface area contributed by atoms with Crippen molar-refractivity contribution in [3.05, 3.63) is 152 Å². The Bertz CT molecular complexity index is 2440. The Morgan fingerprint density at radius 3 is 1.35 bits per heavy atom. The van der Waals surface area contributed by atoms with Gasteiger partial charge in [0.05, 0.1) is 33.5 Å². The first-order valence-electron chi connectivity index (χ1n) is 15.2. The Balaban J connectivity index is 1.28. The minimum atomic E-state index is 0.864. The average molecular weight is 588 g/mol. The van der Waals surface area contributed by atoms with E-state index < -0.39 is 0 Å². The predicted molar refractivity (Wildman–Crippen MR) is 187 cm³/mol. The quantitative estimate of drug-likeness (QED) is 0.192. The van der Waals surface area contributed by atoms with E-state index >= 15 is 0 Å². The molecule has 0 bridgehead atoms. The maximum atomic E-state index is 5.33. The highest BCUT2D eigenvalue weighted by Crippen LogP contribution is 2.37. The molecule has 5 heteroatoms. The number of fused-ring (bicyclic) bond motifs is 6. The van der Waals surface area contributed by atoms with Crippen LogP contribution in [0.2, 0.25) is 0 Å². The van der Waals surface area contributed by atoms with Crippen molar-refractivity contribution in [2.45, 2.75) is 0 Å². The molecule has 0 spiro atoms. The van der Waals surface area contributed by atoms with E-state index in [0.717, 1.165) is 77.3 Å². The van der Waals surface area contributed by atoms with Gasteiger partial charge in [0.15, 0.2) is 0 Å². The zero-order chi connectivity index (χ0) is 30.5. The molecule has 0 N–H and O–H groups in total. The van der Waals surface area contributed by atoms with Crippen LogP contribution in [0.4, 0.5) is 0 Å². The minimum absolute atomic E-state index is 0.864. The first-order valence-corrected chi connectivity index (χ1v) is 15.2. The van der Waals surface area contributed by atoms with Gasteiger partial charge in [0, 0.05) is 57.5 Å². The molecule has 0 aliphatic heterocycles. The number of nitrogens with zero attached hydrogens (tertiary/aromatic N) is 5. The summed E-state index contributed by atoms with van der Waals surface area (Å²) in [6.45, 7) is 0. The molecule has 0 aliphatic carbocycles. The Hall–Kier alpha value is -6.33. The molecule has 0 fully saturated rings. The molecule has 5 nitrogen and oxygen atoms in total. The first-order chi connectivity index (χ1) is 22.8. The zero-order valence-corrected chi connectivity index (χ0v) is 24.7. The van der Waals surface area contributed by atoms with E-state index in [0.29, 0.717) is 0 Å². The SMILES string of the molecule is c1ccc(-c2ccc(-c3cc(-c4ccnc5c4ccc4cccnc45)nc(-c4ccnc5c4ccc4cccnc45)c3)cc2)cc1. The van der Waals surface area contributed by atoms with Gasteiger partial charge in [-0.1, -0.05) is 91.0 Å². The lowest BCUT2D eigenvalue weighted by molar-refractivity contribution is 1.31. The van der Waals surface area contributed by atoms with E-state index in [9.17, 15) is 0 Å². The molecule has 0 saturated heterocycles. The van der Waals surface area contributed by atoms with Crippen LogP contribution in [0.5, 0.6) is 0 Å². The minimum Gasteiger partial charge on any atom is -0.254 e. The summed E-state index contributed by atoms with van der Waals surface area (Å²) in [7, 11) is 0. The lowest BCUT2D eigenvalue weighted by Crippen LogP contribution is -1.95. The van der Waals surface area contributed by atoms with Gasteiger partial charge in [-0.25, -0.2) is 4.98 Å². The number of benzene rings is 4. The second-order valence-corrected chi connectivity index (χ2v) is 11.4. The van der Waals surface area contributed by atoms with Crippen molar-refractivity contribution >= 4 is 43.6 Å². The van der Waals surface area contributed by atoms with Crippen LogP contribution >= 0.6 is 0 Å². The molecule has 0 saturated carbocycles. The molecule has 5 aromatic heterocycles. The molecule has 0 unspecified atom stereocenters. The van der Waals surface area contributed by atoms with Crippen LogP contribution in [0, 0.1) is 0 Å². The lowest BCUT2D eigenvalue weighted by Gasteiger charge is -2.14. The van der Waals surface area contributed by atoms with Crippen LogP contribution < -0.4 is 0 Å². The molecule has 214 valence electrons. The Labute approximate surface area is 264 Å². The van der Waals surface area contributed by atoms with Crippen LogP contribution in [-0.4, -0.2) is 24.9 Å². The Morgan fingerprint density at radius 1 is 0.326 bits per heavy atom. The summed E-state index contributed by atoms with van der Waals surface area (Å²) in [5.41, 5.74) is 11.8. The predicted octanol–water partition coefficient (Wildman–Crippen LogP) is 9.94. The van der Waals surface area contributed by atoms with E-state index in [1.165, 1.54) is 11.1 Å². The van der Waals surface area contributed by atoms with Crippen LogP contribution in [0.25, 0.3) is 88.4 Å². The summed E-state index contributed by atoms with van der Waals surface area (Å²) in [5.74, 6) is 0. The van der Waals surface area contributed by atoms with Gasteiger partial charge in [-0.05, 0) is 58.7 Å². The number of hydrogen-bond acceptors (Lipinski definition) is 5. The number of aromatic nitrogens is 5. The lowest BCUT2D eigenvalue weighted by atomic mass is 9.95. The maximum Gasteiger partial charge on any atom is 0.0971 e. The van der Waals surface area contributed by atoms with Gasteiger partial charge >= 0.3 is 0 Å². The van der Waals surface area contributed by atoms with Crippen molar-refractivity contribution in [1.82, 2.24) is 24.9 Å². The fourth-order valence-electron chi connectivity index (χ4n) is 6.41. The van der Waals surface area contributed by atoms with E-state index in [1.54, 1.807) is 0 Å².